The lowest BCUT2D eigenvalue weighted by Gasteiger charge is -2.26. The summed E-state index contributed by atoms with van der Waals surface area (Å²) in [6, 6.07) is 13.4. The number of ether oxygens (including phenoxy) is 1. The number of nitrogens with zero attached hydrogens (tertiary/aromatic N) is 1. The minimum Gasteiger partial charge on any atom is -0.483 e. The molecule has 0 radical (unpaired) electrons. The molecule has 0 unspecified atom stereocenters. The fourth-order valence-corrected chi connectivity index (χ4v) is 4.19. The predicted molar refractivity (Wildman–Crippen MR) is 104 cm³/mol. The summed E-state index contributed by atoms with van der Waals surface area (Å²) in [7, 11) is -3.68. The molecule has 1 saturated heterocycles. The highest BCUT2D eigenvalue weighted by Crippen LogP contribution is 2.23. The Kier molecular flexibility index (Phi) is 6.01. The number of amides is 1. The largest absolute Gasteiger partial charge is 0.483 e. The molecule has 1 fully saturated rings. The quantitative estimate of drug-likeness (QED) is 0.825. The Balaban J connectivity index is 1.65. The van der Waals surface area contributed by atoms with Crippen LogP contribution in [-0.4, -0.2) is 38.9 Å². The van der Waals surface area contributed by atoms with Gasteiger partial charge in [-0.25, -0.2) is 8.42 Å². The molecule has 2 aromatic carbocycles. The molecule has 3 rings (SSSR count). The Morgan fingerprint density at radius 2 is 1.78 bits per heavy atom. The van der Waals surface area contributed by atoms with Crippen molar-refractivity contribution >= 4 is 21.6 Å². The normalized spacial score (nSPS) is 14.6. The smallest absolute Gasteiger partial charge is 0.261 e. The van der Waals surface area contributed by atoms with Crippen LogP contribution in [0.5, 0.6) is 5.75 Å². The Morgan fingerprint density at radius 1 is 1.07 bits per heavy atom. The SMILES string of the molecule is Cc1cc(S(=O)(=O)Nc2ccccc2)ccc1OCC(=O)N1CCCCC1. The molecule has 0 atom stereocenters. The first-order valence-corrected chi connectivity index (χ1v) is 10.5. The molecule has 2 aromatic rings. The highest BCUT2D eigenvalue weighted by atomic mass is 32.2. The summed E-state index contributed by atoms with van der Waals surface area (Å²) in [5.41, 5.74) is 1.17. The van der Waals surface area contributed by atoms with E-state index in [0.29, 0.717) is 17.0 Å². The van der Waals surface area contributed by atoms with Gasteiger partial charge in [0.05, 0.1) is 4.90 Å². The van der Waals surface area contributed by atoms with E-state index in [1.807, 2.05) is 11.0 Å². The Bertz CT molecular complexity index is 891. The maximum absolute atomic E-state index is 12.5. The van der Waals surface area contributed by atoms with Gasteiger partial charge < -0.3 is 9.64 Å². The van der Waals surface area contributed by atoms with Crippen LogP contribution in [0.1, 0.15) is 24.8 Å². The lowest BCUT2D eigenvalue weighted by Crippen LogP contribution is -2.38. The molecule has 0 saturated carbocycles. The van der Waals surface area contributed by atoms with Gasteiger partial charge >= 0.3 is 0 Å². The van der Waals surface area contributed by atoms with Crippen LogP contribution in [-0.2, 0) is 14.8 Å². The summed E-state index contributed by atoms with van der Waals surface area (Å²) >= 11 is 0. The summed E-state index contributed by atoms with van der Waals surface area (Å²) in [4.78, 5) is 14.2. The summed E-state index contributed by atoms with van der Waals surface area (Å²) in [6.07, 6.45) is 3.23. The van der Waals surface area contributed by atoms with Gasteiger partial charge in [0.15, 0.2) is 6.61 Å². The predicted octanol–water partition coefficient (Wildman–Crippen LogP) is 3.19. The van der Waals surface area contributed by atoms with Crippen molar-refractivity contribution in [3.63, 3.8) is 0 Å². The van der Waals surface area contributed by atoms with Gasteiger partial charge in [-0.1, -0.05) is 18.2 Å². The van der Waals surface area contributed by atoms with Crippen molar-refractivity contribution in [1.29, 1.82) is 0 Å². The third kappa shape index (κ3) is 5.01. The summed E-state index contributed by atoms with van der Waals surface area (Å²) in [5, 5.41) is 0. The fourth-order valence-electron chi connectivity index (χ4n) is 3.05. The molecule has 6 nitrogen and oxygen atoms in total. The number of likely N-dealkylation sites (tertiary alicyclic amines) is 1. The monoisotopic (exact) mass is 388 g/mol. The van der Waals surface area contributed by atoms with Crippen molar-refractivity contribution < 1.29 is 17.9 Å². The number of aryl methyl sites for hydroxylation is 1. The van der Waals surface area contributed by atoms with Crippen LogP contribution in [0.25, 0.3) is 0 Å². The van der Waals surface area contributed by atoms with E-state index >= 15 is 0 Å². The van der Waals surface area contributed by atoms with Gasteiger partial charge in [-0.15, -0.1) is 0 Å². The maximum Gasteiger partial charge on any atom is 0.261 e. The second-order valence-corrected chi connectivity index (χ2v) is 8.31. The van der Waals surface area contributed by atoms with Crippen LogP contribution in [0.4, 0.5) is 5.69 Å². The number of carbonyl (C=O) groups is 1. The first kappa shape index (κ1) is 19.2. The van der Waals surface area contributed by atoms with E-state index < -0.39 is 10.0 Å². The zero-order chi connectivity index (χ0) is 19.3. The van der Waals surface area contributed by atoms with Gasteiger partial charge in [-0.2, -0.15) is 0 Å². The van der Waals surface area contributed by atoms with E-state index in [0.717, 1.165) is 32.4 Å². The van der Waals surface area contributed by atoms with Crippen LogP contribution < -0.4 is 9.46 Å². The number of para-hydroxylation sites is 1. The van der Waals surface area contributed by atoms with Crippen molar-refractivity contribution in [2.45, 2.75) is 31.1 Å². The highest BCUT2D eigenvalue weighted by Gasteiger charge is 2.18. The molecule has 0 bridgehead atoms. The third-order valence-corrected chi connectivity index (χ3v) is 5.92. The molecular formula is C20H24N2O4S. The second-order valence-electron chi connectivity index (χ2n) is 6.63. The van der Waals surface area contributed by atoms with Crippen molar-refractivity contribution in [3.8, 4) is 5.75 Å². The van der Waals surface area contributed by atoms with Crippen molar-refractivity contribution in [2.24, 2.45) is 0 Å². The number of rotatable bonds is 6. The van der Waals surface area contributed by atoms with Gasteiger partial charge in [-0.05, 0) is 62.1 Å². The molecule has 0 aliphatic carbocycles. The molecular weight excluding hydrogens is 364 g/mol. The van der Waals surface area contributed by atoms with E-state index in [4.69, 9.17) is 4.74 Å². The number of nitrogens with one attached hydrogen (secondary N) is 1. The molecule has 0 spiro atoms. The maximum atomic E-state index is 12.5. The lowest BCUT2D eigenvalue weighted by molar-refractivity contribution is -0.134. The Hall–Kier alpha value is -2.54. The average Bonchev–Trinajstić information content (AvgIpc) is 2.68. The first-order chi connectivity index (χ1) is 13.0. The van der Waals surface area contributed by atoms with E-state index in [2.05, 4.69) is 4.72 Å². The van der Waals surface area contributed by atoms with Gasteiger partial charge in [0, 0.05) is 18.8 Å². The van der Waals surface area contributed by atoms with Gasteiger partial charge in [-0.3, -0.25) is 9.52 Å². The molecule has 144 valence electrons. The number of benzene rings is 2. The molecule has 0 aromatic heterocycles. The average molecular weight is 388 g/mol. The number of anilines is 1. The number of carbonyl (C=O) groups excluding carboxylic acids is 1. The summed E-state index contributed by atoms with van der Waals surface area (Å²) in [5.74, 6) is 0.482. The van der Waals surface area contributed by atoms with Crippen LogP contribution in [0, 0.1) is 6.92 Å². The van der Waals surface area contributed by atoms with Crippen molar-refractivity contribution in [3.05, 3.63) is 54.1 Å². The summed E-state index contributed by atoms with van der Waals surface area (Å²) < 4.78 is 33.2. The number of hydrogen-bond donors (Lipinski definition) is 1. The van der Waals surface area contributed by atoms with E-state index in [1.54, 1.807) is 43.3 Å². The summed E-state index contributed by atoms with van der Waals surface area (Å²) in [6.45, 7) is 3.30. The fraction of sp³-hybridized carbons (Fsp3) is 0.350. The molecule has 7 heteroatoms. The van der Waals surface area contributed by atoms with Crippen LogP contribution in [0.15, 0.2) is 53.4 Å². The Labute approximate surface area is 160 Å². The minimum atomic E-state index is -3.68. The second kappa shape index (κ2) is 8.43. The van der Waals surface area contributed by atoms with Gasteiger partial charge in [0.1, 0.15) is 5.75 Å². The Morgan fingerprint density at radius 3 is 2.44 bits per heavy atom. The molecule has 27 heavy (non-hydrogen) atoms. The van der Waals surface area contributed by atoms with Crippen LogP contribution in [0.2, 0.25) is 0 Å². The standard InChI is InChI=1S/C20H24N2O4S/c1-16-14-18(27(24,25)21-17-8-4-2-5-9-17)10-11-19(16)26-15-20(23)22-12-6-3-7-13-22/h2,4-5,8-11,14,21H,3,6-7,12-13,15H2,1H3. The molecule has 1 aliphatic rings. The van der Waals surface area contributed by atoms with Crippen LogP contribution >= 0.6 is 0 Å². The molecule has 1 amide bonds. The van der Waals surface area contributed by atoms with Crippen molar-refractivity contribution in [1.82, 2.24) is 4.90 Å². The van der Waals surface area contributed by atoms with Crippen LogP contribution in [0.3, 0.4) is 0 Å². The number of hydrogen-bond acceptors (Lipinski definition) is 4. The zero-order valence-electron chi connectivity index (χ0n) is 15.3. The van der Waals surface area contributed by atoms with E-state index in [-0.39, 0.29) is 17.4 Å². The minimum absolute atomic E-state index is 0.0310. The van der Waals surface area contributed by atoms with Crippen molar-refractivity contribution in [2.75, 3.05) is 24.4 Å². The number of sulfonamides is 1. The molecule has 1 aliphatic heterocycles. The highest BCUT2D eigenvalue weighted by molar-refractivity contribution is 7.92. The van der Waals surface area contributed by atoms with E-state index in [9.17, 15) is 13.2 Å². The number of piperidine rings is 1. The van der Waals surface area contributed by atoms with Gasteiger partial charge in [0.2, 0.25) is 0 Å². The topological polar surface area (TPSA) is 75.7 Å². The van der Waals surface area contributed by atoms with Gasteiger partial charge in [0.25, 0.3) is 15.9 Å². The molecule has 1 heterocycles. The first-order valence-electron chi connectivity index (χ1n) is 9.05. The molecule has 1 N–H and O–H groups in total. The zero-order valence-corrected chi connectivity index (χ0v) is 16.2. The van der Waals surface area contributed by atoms with E-state index in [1.165, 1.54) is 6.07 Å². The lowest BCUT2D eigenvalue weighted by atomic mass is 10.1. The third-order valence-electron chi connectivity index (χ3n) is 4.54.